The lowest BCUT2D eigenvalue weighted by molar-refractivity contribution is 0.240. The summed E-state index contributed by atoms with van der Waals surface area (Å²) in [4.78, 5) is 19.1. The van der Waals surface area contributed by atoms with E-state index in [9.17, 15) is 5.11 Å². The van der Waals surface area contributed by atoms with E-state index in [-0.39, 0.29) is 12.6 Å². The van der Waals surface area contributed by atoms with Crippen LogP contribution in [-0.2, 0) is 19.5 Å². The van der Waals surface area contributed by atoms with Gasteiger partial charge in [-0.3, -0.25) is 4.90 Å². The van der Waals surface area contributed by atoms with Crippen molar-refractivity contribution >= 4 is 17.6 Å². The van der Waals surface area contributed by atoms with Gasteiger partial charge in [-0.15, -0.1) is 0 Å². The number of hydrogen-bond acceptors (Lipinski definition) is 11. The van der Waals surface area contributed by atoms with Crippen LogP contribution in [0.4, 0.5) is 17.6 Å². The summed E-state index contributed by atoms with van der Waals surface area (Å²) in [6, 6.07) is 13.7. The number of nitriles is 1. The molecule has 1 saturated heterocycles. The monoisotopic (exact) mass is 596 g/mol. The largest absolute Gasteiger partial charge is 0.493 e. The van der Waals surface area contributed by atoms with Crippen LogP contribution in [-0.4, -0.2) is 76.6 Å². The maximum atomic E-state index is 10.1. The zero-order chi connectivity index (χ0) is 30.6. The molecule has 12 nitrogen and oxygen atoms in total. The summed E-state index contributed by atoms with van der Waals surface area (Å²) in [5.41, 5.74) is 4.69. The van der Waals surface area contributed by atoms with Crippen molar-refractivity contribution in [3.05, 3.63) is 71.3 Å². The Balaban J connectivity index is 1.29. The second-order valence-corrected chi connectivity index (χ2v) is 10.9. The average molecular weight is 597 g/mol. The van der Waals surface area contributed by atoms with Crippen molar-refractivity contribution in [2.45, 2.75) is 38.4 Å². The Morgan fingerprint density at radius 3 is 2.50 bits per heavy atom. The summed E-state index contributed by atoms with van der Waals surface area (Å²) >= 11 is 0. The molecule has 6 rings (SSSR count). The summed E-state index contributed by atoms with van der Waals surface area (Å²) < 4.78 is 18.4. The molecule has 0 bridgehead atoms. The van der Waals surface area contributed by atoms with Crippen LogP contribution in [0.1, 0.15) is 35.2 Å². The van der Waals surface area contributed by atoms with Crippen molar-refractivity contribution in [3.63, 3.8) is 0 Å². The third-order valence-corrected chi connectivity index (χ3v) is 8.24. The third kappa shape index (κ3) is 5.84. The fourth-order valence-electron chi connectivity index (χ4n) is 6.00. The molecule has 2 aromatic heterocycles. The maximum absolute atomic E-state index is 10.1. The molecule has 0 aliphatic carbocycles. The van der Waals surface area contributed by atoms with Crippen LogP contribution < -0.4 is 24.4 Å². The first-order valence-electron chi connectivity index (χ1n) is 14.6. The maximum Gasteiger partial charge on any atom is 0.230 e. The molecule has 0 spiro atoms. The van der Waals surface area contributed by atoms with Gasteiger partial charge in [-0.1, -0.05) is 12.1 Å². The lowest BCUT2D eigenvalue weighted by Gasteiger charge is -2.33. The number of aliphatic hydroxyl groups is 1. The van der Waals surface area contributed by atoms with E-state index in [0.717, 1.165) is 67.2 Å². The number of aliphatic hydroxyl groups excluding tert-OH is 1. The van der Waals surface area contributed by atoms with Gasteiger partial charge in [0, 0.05) is 43.9 Å². The van der Waals surface area contributed by atoms with Crippen molar-refractivity contribution in [1.82, 2.24) is 24.4 Å². The fraction of sp³-hybridized carbons (Fsp3) is 0.375. The van der Waals surface area contributed by atoms with Crippen LogP contribution in [0.5, 0.6) is 17.2 Å². The number of nitrogens with zero attached hydrogens (tertiary/aromatic N) is 7. The van der Waals surface area contributed by atoms with Crippen molar-refractivity contribution < 1.29 is 19.3 Å². The van der Waals surface area contributed by atoms with Gasteiger partial charge in [-0.2, -0.15) is 10.2 Å². The van der Waals surface area contributed by atoms with Crippen LogP contribution in [0, 0.1) is 11.3 Å². The van der Waals surface area contributed by atoms with E-state index in [1.165, 1.54) is 0 Å². The Morgan fingerprint density at radius 1 is 1.05 bits per heavy atom. The molecule has 0 unspecified atom stereocenters. The Kier molecular flexibility index (Phi) is 8.49. The molecule has 0 radical (unpaired) electrons. The minimum absolute atomic E-state index is 0.0396. The van der Waals surface area contributed by atoms with E-state index in [1.807, 2.05) is 47.2 Å². The van der Waals surface area contributed by atoms with E-state index in [4.69, 9.17) is 29.4 Å². The summed E-state index contributed by atoms with van der Waals surface area (Å²) in [5.74, 6) is 3.53. The van der Waals surface area contributed by atoms with Crippen LogP contribution in [0.25, 0.3) is 5.69 Å². The molecule has 1 fully saturated rings. The highest BCUT2D eigenvalue weighted by Gasteiger charge is 2.31. The summed E-state index contributed by atoms with van der Waals surface area (Å²) in [6.07, 6.45) is 6.31. The van der Waals surface area contributed by atoms with E-state index in [2.05, 4.69) is 26.2 Å². The quantitative estimate of drug-likeness (QED) is 0.277. The molecule has 2 N–H and O–H groups in total. The van der Waals surface area contributed by atoms with Crippen molar-refractivity contribution in [3.8, 4) is 29.0 Å². The molecule has 4 aromatic rings. The number of nitrogens with one attached hydrogen (secondary N) is 1. The average Bonchev–Trinajstić information content (AvgIpc) is 3.74. The molecule has 4 heterocycles. The van der Waals surface area contributed by atoms with Gasteiger partial charge in [-0.05, 0) is 37.0 Å². The van der Waals surface area contributed by atoms with Gasteiger partial charge in [-0.25, -0.2) is 9.97 Å². The molecule has 44 heavy (non-hydrogen) atoms. The second kappa shape index (κ2) is 12.8. The molecular formula is C32H36N8O4. The summed E-state index contributed by atoms with van der Waals surface area (Å²) in [7, 11) is 4.74. The van der Waals surface area contributed by atoms with E-state index in [0.29, 0.717) is 41.1 Å². The van der Waals surface area contributed by atoms with Crippen LogP contribution in [0.2, 0.25) is 0 Å². The van der Waals surface area contributed by atoms with E-state index >= 15 is 0 Å². The van der Waals surface area contributed by atoms with Gasteiger partial charge in [0.05, 0.1) is 63.2 Å². The van der Waals surface area contributed by atoms with Crippen molar-refractivity contribution in [2.24, 2.45) is 0 Å². The lowest BCUT2D eigenvalue weighted by Crippen LogP contribution is -2.37. The SMILES string of the molecule is COc1cc(-n2cnc(Nc3nc4c(c(N5CCC[C@H]5CO)n3)CCN(Cc3ccc(C#N)cc3)C4)c2)cc(OC)c1OC. The van der Waals surface area contributed by atoms with Gasteiger partial charge in [0.1, 0.15) is 12.1 Å². The Hall–Kier alpha value is -4.86. The first kappa shape index (κ1) is 29.2. The minimum atomic E-state index is 0.0396. The number of rotatable bonds is 10. The molecule has 228 valence electrons. The fourth-order valence-corrected chi connectivity index (χ4v) is 6.00. The number of anilines is 3. The second-order valence-electron chi connectivity index (χ2n) is 10.9. The van der Waals surface area contributed by atoms with Crippen LogP contribution in [0.15, 0.2) is 48.9 Å². The molecule has 2 aliphatic heterocycles. The normalized spacial score (nSPS) is 16.3. The molecule has 2 aliphatic rings. The number of methoxy groups -OCH3 is 3. The number of fused-ring (bicyclic) bond motifs is 1. The molecule has 12 heteroatoms. The number of aromatic nitrogens is 4. The van der Waals surface area contributed by atoms with Crippen molar-refractivity contribution in [2.75, 3.05) is 51.2 Å². The first-order valence-corrected chi connectivity index (χ1v) is 14.6. The molecular weight excluding hydrogens is 560 g/mol. The van der Waals surface area contributed by atoms with E-state index in [1.54, 1.807) is 27.7 Å². The van der Waals surface area contributed by atoms with Gasteiger partial charge < -0.3 is 34.1 Å². The lowest BCUT2D eigenvalue weighted by atomic mass is 10.0. The summed E-state index contributed by atoms with van der Waals surface area (Å²) in [6.45, 7) is 3.23. The standard InChI is InChI=1S/C32H36N8O4/c1-42-27-13-24(14-28(43-2)30(27)44-3)39-18-29(34-20-39)36-32-35-26-17-38(16-22-8-6-21(15-33)7-9-22)12-10-25(26)31(37-32)40-11-4-5-23(40)19-41/h6-9,13-14,18,20,23,41H,4-5,10-12,16-17,19H2,1-3H3,(H,35,36,37)/t23-/m0/s1. The Morgan fingerprint density at radius 2 is 1.82 bits per heavy atom. The topological polar surface area (TPSA) is 134 Å². The molecule has 1 atom stereocenters. The van der Waals surface area contributed by atoms with Crippen molar-refractivity contribution in [1.29, 1.82) is 5.26 Å². The first-order chi connectivity index (χ1) is 21.5. The summed E-state index contributed by atoms with van der Waals surface area (Å²) in [5, 5.41) is 22.6. The highest BCUT2D eigenvalue weighted by Crippen LogP contribution is 2.39. The van der Waals surface area contributed by atoms with E-state index < -0.39 is 0 Å². The predicted molar refractivity (Wildman–Crippen MR) is 165 cm³/mol. The number of hydrogen-bond donors (Lipinski definition) is 2. The Labute approximate surface area is 256 Å². The van der Waals surface area contributed by atoms with Crippen LogP contribution in [0.3, 0.4) is 0 Å². The third-order valence-electron chi connectivity index (χ3n) is 8.24. The smallest absolute Gasteiger partial charge is 0.230 e. The number of benzene rings is 2. The molecule has 0 amide bonds. The van der Waals surface area contributed by atoms with Gasteiger partial charge in [0.25, 0.3) is 0 Å². The highest BCUT2D eigenvalue weighted by molar-refractivity contribution is 5.60. The predicted octanol–water partition coefficient (Wildman–Crippen LogP) is 3.82. The van der Waals surface area contributed by atoms with Gasteiger partial charge in [0.15, 0.2) is 17.3 Å². The highest BCUT2D eigenvalue weighted by atomic mass is 16.5. The van der Waals surface area contributed by atoms with Gasteiger partial charge in [0.2, 0.25) is 11.7 Å². The molecule has 2 aromatic carbocycles. The minimum Gasteiger partial charge on any atom is -0.493 e. The number of imidazole rings is 1. The van der Waals surface area contributed by atoms with Crippen LogP contribution >= 0.6 is 0 Å². The van der Waals surface area contributed by atoms with Gasteiger partial charge >= 0.3 is 0 Å². The zero-order valence-electron chi connectivity index (χ0n) is 25.2. The Bertz CT molecular complexity index is 1640. The zero-order valence-corrected chi connectivity index (χ0v) is 25.2. The molecule has 0 saturated carbocycles. The number of ether oxygens (including phenoxy) is 3.